The molecule has 2 aromatic rings. The number of aryl methyl sites for hydroxylation is 1. The average molecular weight is 455 g/mol. The highest BCUT2D eigenvalue weighted by Crippen LogP contribution is 2.46. The third-order valence-electron chi connectivity index (χ3n) is 6.92. The lowest BCUT2D eigenvalue weighted by atomic mass is 9.79. The number of hydrogen-bond acceptors (Lipinski definition) is 4. The first-order valence-corrected chi connectivity index (χ1v) is 13.1. The number of carbonyl (C=O) groups excluding carboxylic acids is 1. The van der Waals surface area contributed by atoms with Crippen LogP contribution >= 0.6 is 7.68 Å². The summed E-state index contributed by atoms with van der Waals surface area (Å²) >= 11 is 0. The quantitative estimate of drug-likeness (QED) is 0.284. The van der Waals surface area contributed by atoms with Crippen LogP contribution in [0, 0.1) is 18.8 Å². The average Bonchev–Trinajstić information content (AvgIpc) is 2.79. The summed E-state index contributed by atoms with van der Waals surface area (Å²) in [6.45, 7) is 4.12. The van der Waals surface area contributed by atoms with Gasteiger partial charge in [0.1, 0.15) is 0 Å². The third-order valence-corrected chi connectivity index (χ3v) is 8.09. The molecule has 0 aliphatic heterocycles. The highest BCUT2D eigenvalue weighted by atomic mass is 31.1. The Morgan fingerprint density at radius 2 is 1.78 bits per heavy atom. The first-order chi connectivity index (χ1) is 15.5. The van der Waals surface area contributed by atoms with Gasteiger partial charge in [0.05, 0.1) is 18.3 Å². The Morgan fingerprint density at radius 3 is 2.41 bits per heavy atom. The van der Waals surface area contributed by atoms with Crippen LogP contribution in [0.3, 0.4) is 0 Å². The SMILES string of the molecule is CCCC(CC1CCCCC1)C(c1ccc(C(=O)OC)c(-c2ccccc2C)c1)P(=O)=O. The summed E-state index contributed by atoms with van der Waals surface area (Å²) in [5.74, 6) is 0.297. The molecule has 1 aliphatic carbocycles. The molecule has 0 heterocycles. The molecule has 0 amide bonds. The monoisotopic (exact) mass is 454 g/mol. The van der Waals surface area contributed by atoms with Gasteiger partial charge in [-0.1, -0.05) is 75.8 Å². The van der Waals surface area contributed by atoms with Crippen LogP contribution in [0.25, 0.3) is 11.1 Å². The van der Waals surface area contributed by atoms with E-state index in [1.165, 1.54) is 39.2 Å². The van der Waals surface area contributed by atoms with Crippen LogP contribution in [0.5, 0.6) is 0 Å². The smallest absolute Gasteiger partial charge is 0.338 e. The van der Waals surface area contributed by atoms with Crippen LogP contribution in [0.4, 0.5) is 0 Å². The summed E-state index contributed by atoms with van der Waals surface area (Å²) in [6, 6.07) is 13.3. The summed E-state index contributed by atoms with van der Waals surface area (Å²) in [5.41, 5.74) is 3.40. The molecule has 2 unspecified atom stereocenters. The number of methoxy groups -OCH3 is 1. The van der Waals surface area contributed by atoms with Crippen molar-refractivity contribution in [2.75, 3.05) is 7.11 Å². The molecular weight excluding hydrogens is 419 g/mol. The molecule has 1 aliphatic rings. The lowest BCUT2D eigenvalue weighted by Gasteiger charge is -2.29. The maximum atomic E-state index is 12.6. The van der Waals surface area contributed by atoms with Gasteiger partial charge in [0.25, 0.3) is 0 Å². The van der Waals surface area contributed by atoms with E-state index in [-0.39, 0.29) is 5.92 Å². The molecule has 2 aromatic carbocycles. The fourth-order valence-corrected chi connectivity index (χ4v) is 6.34. The van der Waals surface area contributed by atoms with Crippen molar-refractivity contribution in [3.8, 4) is 11.1 Å². The molecular formula is C27H35O4P. The van der Waals surface area contributed by atoms with Crippen LogP contribution in [-0.2, 0) is 13.9 Å². The molecule has 172 valence electrons. The largest absolute Gasteiger partial charge is 0.465 e. The number of hydrogen-bond donors (Lipinski definition) is 0. The van der Waals surface area contributed by atoms with E-state index in [1.54, 1.807) is 6.07 Å². The van der Waals surface area contributed by atoms with Gasteiger partial charge >= 0.3 is 13.6 Å². The summed E-state index contributed by atoms with van der Waals surface area (Å²) in [5, 5.41) is 0. The number of esters is 1. The topological polar surface area (TPSA) is 60.4 Å². The van der Waals surface area contributed by atoms with Crippen molar-refractivity contribution in [3.05, 3.63) is 59.2 Å². The van der Waals surface area contributed by atoms with Gasteiger partial charge in [-0.15, -0.1) is 0 Å². The van der Waals surface area contributed by atoms with Gasteiger partial charge in [-0.05, 0) is 66.0 Å². The Balaban J connectivity index is 2.06. The number of carbonyl (C=O) groups is 1. The van der Waals surface area contributed by atoms with Gasteiger partial charge in [-0.2, -0.15) is 0 Å². The highest BCUT2D eigenvalue weighted by molar-refractivity contribution is 7.31. The van der Waals surface area contributed by atoms with Gasteiger partial charge in [0, 0.05) is 0 Å². The molecule has 0 radical (unpaired) electrons. The van der Waals surface area contributed by atoms with Gasteiger partial charge in [0.15, 0.2) is 0 Å². The zero-order valence-corrected chi connectivity index (χ0v) is 20.4. The van der Waals surface area contributed by atoms with Crippen LogP contribution in [0.15, 0.2) is 42.5 Å². The summed E-state index contributed by atoms with van der Waals surface area (Å²) in [7, 11) is -1.28. The summed E-state index contributed by atoms with van der Waals surface area (Å²) < 4.78 is 30.2. The number of rotatable bonds is 9. The lowest BCUT2D eigenvalue weighted by molar-refractivity contribution is 0.0601. The first-order valence-electron chi connectivity index (χ1n) is 11.9. The number of benzene rings is 2. The molecule has 4 nitrogen and oxygen atoms in total. The molecule has 0 spiro atoms. The minimum Gasteiger partial charge on any atom is -0.465 e. The van der Waals surface area contributed by atoms with E-state index in [0.717, 1.165) is 41.5 Å². The Hall–Kier alpha value is -2.19. The van der Waals surface area contributed by atoms with Crippen molar-refractivity contribution >= 4 is 13.6 Å². The van der Waals surface area contributed by atoms with E-state index in [9.17, 15) is 13.9 Å². The summed E-state index contributed by atoms with van der Waals surface area (Å²) in [6.07, 6.45) is 9.02. The van der Waals surface area contributed by atoms with E-state index in [1.807, 2.05) is 43.3 Å². The maximum absolute atomic E-state index is 12.6. The van der Waals surface area contributed by atoms with E-state index in [2.05, 4.69) is 6.92 Å². The van der Waals surface area contributed by atoms with Gasteiger partial charge in [-0.3, -0.25) is 0 Å². The molecule has 1 saturated carbocycles. The molecule has 0 aromatic heterocycles. The predicted molar refractivity (Wildman–Crippen MR) is 129 cm³/mol. The standard InChI is InChI=1S/C27H35O4P/c1-4-10-21(17-20-12-6-5-7-13-20)26(32(29)30)22-15-16-24(27(28)31-3)25(18-22)23-14-9-8-11-19(23)2/h8-9,11,14-16,18,20-21,26H,4-7,10,12-13,17H2,1-3H3. The molecule has 1 fully saturated rings. The lowest BCUT2D eigenvalue weighted by Crippen LogP contribution is -2.17. The summed E-state index contributed by atoms with van der Waals surface area (Å²) in [4.78, 5) is 12.5. The van der Waals surface area contributed by atoms with Crippen molar-refractivity contribution in [1.82, 2.24) is 0 Å². The van der Waals surface area contributed by atoms with Gasteiger partial charge in [0.2, 0.25) is 0 Å². The van der Waals surface area contributed by atoms with Crippen molar-refractivity contribution in [2.24, 2.45) is 11.8 Å². The predicted octanol–water partition coefficient (Wildman–Crippen LogP) is 8.05. The second-order valence-electron chi connectivity index (χ2n) is 9.13. The minimum atomic E-state index is -2.65. The Bertz CT molecular complexity index is 981. The third kappa shape index (κ3) is 5.78. The molecule has 0 bridgehead atoms. The van der Waals surface area contributed by atoms with Crippen LogP contribution in [0.2, 0.25) is 0 Å². The number of ether oxygens (including phenoxy) is 1. The van der Waals surface area contributed by atoms with Crippen molar-refractivity contribution in [3.63, 3.8) is 0 Å². The van der Waals surface area contributed by atoms with Crippen LogP contribution in [0.1, 0.15) is 85.4 Å². The molecule has 2 atom stereocenters. The fraction of sp³-hybridized carbons (Fsp3) is 0.519. The van der Waals surface area contributed by atoms with E-state index < -0.39 is 19.3 Å². The van der Waals surface area contributed by atoms with Crippen molar-refractivity contribution in [1.29, 1.82) is 0 Å². The van der Waals surface area contributed by atoms with E-state index >= 15 is 0 Å². The van der Waals surface area contributed by atoms with E-state index in [0.29, 0.717) is 11.5 Å². The Morgan fingerprint density at radius 1 is 1.06 bits per heavy atom. The molecule has 0 N–H and O–H groups in total. The molecule has 3 rings (SSSR count). The van der Waals surface area contributed by atoms with Gasteiger partial charge < -0.3 is 4.74 Å². The second-order valence-corrected chi connectivity index (χ2v) is 10.3. The molecule has 32 heavy (non-hydrogen) atoms. The fourth-order valence-electron chi connectivity index (χ4n) is 5.32. The molecule has 0 saturated heterocycles. The van der Waals surface area contributed by atoms with Crippen molar-refractivity contribution in [2.45, 2.75) is 70.9 Å². The van der Waals surface area contributed by atoms with E-state index in [4.69, 9.17) is 4.74 Å². The second kappa shape index (κ2) is 11.6. The van der Waals surface area contributed by atoms with Crippen LogP contribution < -0.4 is 0 Å². The van der Waals surface area contributed by atoms with Gasteiger partial charge in [-0.25, -0.2) is 13.9 Å². The molecule has 5 heteroatoms. The van der Waals surface area contributed by atoms with Crippen LogP contribution in [-0.4, -0.2) is 13.1 Å². The van der Waals surface area contributed by atoms with Crippen molar-refractivity contribution < 1.29 is 18.7 Å². The normalized spacial score (nSPS) is 16.3. The first kappa shape index (κ1) is 24.5. The zero-order valence-electron chi connectivity index (χ0n) is 19.5. The Labute approximate surface area is 192 Å². The zero-order chi connectivity index (χ0) is 23.1. The minimum absolute atomic E-state index is 0.0953. The maximum Gasteiger partial charge on any atom is 0.338 e. The highest BCUT2D eigenvalue weighted by Gasteiger charge is 2.31. The Kier molecular flexibility index (Phi) is 8.87.